The van der Waals surface area contributed by atoms with Gasteiger partial charge in [-0.15, -0.1) is 0 Å². The summed E-state index contributed by atoms with van der Waals surface area (Å²) >= 11 is 0. The Bertz CT molecular complexity index is 498. The molecule has 8 atom stereocenters. The van der Waals surface area contributed by atoms with Crippen LogP contribution in [0, 0.1) is 34.5 Å². The minimum Gasteiger partial charge on any atom is -0.393 e. The normalized spacial score (nSPS) is 57.6. The van der Waals surface area contributed by atoms with E-state index < -0.39 is 0 Å². The van der Waals surface area contributed by atoms with Crippen LogP contribution in [0.15, 0.2) is 11.6 Å². The second-order valence-electron chi connectivity index (χ2n) is 9.35. The van der Waals surface area contributed by atoms with E-state index in [1.54, 1.807) is 5.57 Å². The highest BCUT2D eigenvalue weighted by atomic mass is 16.3. The van der Waals surface area contributed by atoms with E-state index in [1.807, 2.05) is 0 Å². The lowest BCUT2D eigenvalue weighted by Gasteiger charge is -2.58. The molecular weight excluding hydrogens is 272 g/mol. The molecule has 22 heavy (non-hydrogen) atoms. The summed E-state index contributed by atoms with van der Waals surface area (Å²) in [7, 11) is 0. The molecule has 0 heterocycles. The van der Waals surface area contributed by atoms with Gasteiger partial charge in [0.15, 0.2) is 0 Å². The largest absolute Gasteiger partial charge is 0.393 e. The standard InChI is InChI=1S/C20H32O2/c1-12-11-20(3)13(10-17(12)21)4-5-14-15-6-7-18(22)19(15,2)9-8-16(14)20/h4,12,14-18,21-22H,5-11H2,1-3H3/t12-,14+,15+,16+,17-,18+,19+,20+/m1/s1. The molecule has 2 heteroatoms. The summed E-state index contributed by atoms with van der Waals surface area (Å²) in [5, 5.41) is 20.8. The third-order valence-corrected chi connectivity index (χ3v) is 8.41. The maximum Gasteiger partial charge on any atom is 0.0603 e. The number of aliphatic hydroxyl groups excluding tert-OH is 2. The van der Waals surface area contributed by atoms with E-state index in [2.05, 4.69) is 26.8 Å². The summed E-state index contributed by atoms with van der Waals surface area (Å²) in [5.74, 6) is 2.65. The molecule has 4 rings (SSSR count). The number of fused-ring (bicyclic) bond motifs is 5. The highest BCUT2D eigenvalue weighted by Gasteiger charge is 2.58. The summed E-state index contributed by atoms with van der Waals surface area (Å²) in [4.78, 5) is 0. The van der Waals surface area contributed by atoms with Gasteiger partial charge in [0.1, 0.15) is 0 Å². The zero-order valence-corrected chi connectivity index (χ0v) is 14.4. The number of allylic oxidation sites excluding steroid dienone is 1. The lowest BCUT2D eigenvalue weighted by atomic mass is 9.47. The van der Waals surface area contributed by atoms with Crippen molar-refractivity contribution in [1.82, 2.24) is 0 Å². The predicted molar refractivity (Wildman–Crippen MR) is 88.3 cm³/mol. The first-order valence-corrected chi connectivity index (χ1v) is 9.42. The van der Waals surface area contributed by atoms with Gasteiger partial charge < -0.3 is 10.2 Å². The summed E-state index contributed by atoms with van der Waals surface area (Å²) < 4.78 is 0. The van der Waals surface area contributed by atoms with Crippen LogP contribution in [-0.4, -0.2) is 22.4 Å². The molecule has 0 aliphatic heterocycles. The Morgan fingerprint density at radius 3 is 2.64 bits per heavy atom. The fourth-order valence-corrected chi connectivity index (χ4v) is 6.96. The van der Waals surface area contributed by atoms with Gasteiger partial charge in [0, 0.05) is 0 Å². The maximum absolute atomic E-state index is 10.5. The third kappa shape index (κ3) is 1.86. The summed E-state index contributed by atoms with van der Waals surface area (Å²) in [6.07, 6.45) is 10.2. The zero-order valence-electron chi connectivity index (χ0n) is 14.4. The molecule has 0 aromatic heterocycles. The van der Waals surface area contributed by atoms with Crippen LogP contribution in [0.2, 0.25) is 0 Å². The molecule has 4 aliphatic carbocycles. The molecule has 124 valence electrons. The average Bonchev–Trinajstić information content (AvgIpc) is 2.77. The van der Waals surface area contributed by atoms with E-state index >= 15 is 0 Å². The number of hydrogen-bond acceptors (Lipinski definition) is 2. The molecule has 0 saturated heterocycles. The molecule has 3 saturated carbocycles. The van der Waals surface area contributed by atoms with Crippen LogP contribution in [0.25, 0.3) is 0 Å². The molecule has 0 aromatic rings. The molecule has 0 amide bonds. The van der Waals surface area contributed by atoms with Crippen LogP contribution >= 0.6 is 0 Å². The number of rotatable bonds is 0. The Labute approximate surface area is 135 Å². The van der Waals surface area contributed by atoms with Crippen molar-refractivity contribution in [3.63, 3.8) is 0 Å². The fourth-order valence-electron chi connectivity index (χ4n) is 6.96. The highest BCUT2D eigenvalue weighted by Crippen LogP contribution is 2.65. The molecule has 2 N–H and O–H groups in total. The minimum absolute atomic E-state index is 0.0799. The highest BCUT2D eigenvalue weighted by molar-refractivity contribution is 5.26. The molecule has 3 fully saturated rings. The first-order valence-electron chi connectivity index (χ1n) is 9.42. The molecular formula is C20H32O2. The minimum atomic E-state index is -0.141. The number of aliphatic hydroxyl groups is 2. The van der Waals surface area contributed by atoms with Crippen LogP contribution in [-0.2, 0) is 0 Å². The third-order valence-electron chi connectivity index (χ3n) is 8.41. The van der Waals surface area contributed by atoms with Gasteiger partial charge in [0.25, 0.3) is 0 Å². The predicted octanol–water partition coefficient (Wildman–Crippen LogP) is 3.92. The van der Waals surface area contributed by atoms with Gasteiger partial charge in [-0.25, -0.2) is 0 Å². The van der Waals surface area contributed by atoms with Crippen molar-refractivity contribution in [2.45, 2.75) is 77.9 Å². The average molecular weight is 304 g/mol. The first kappa shape index (κ1) is 15.2. The maximum atomic E-state index is 10.5. The molecule has 0 bridgehead atoms. The fraction of sp³-hybridized carbons (Fsp3) is 0.900. The van der Waals surface area contributed by atoms with Gasteiger partial charge in [-0.3, -0.25) is 0 Å². The van der Waals surface area contributed by atoms with E-state index in [0.717, 1.165) is 31.1 Å². The monoisotopic (exact) mass is 304 g/mol. The van der Waals surface area contributed by atoms with Crippen LogP contribution in [0.5, 0.6) is 0 Å². The first-order chi connectivity index (χ1) is 10.4. The second-order valence-corrected chi connectivity index (χ2v) is 9.35. The van der Waals surface area contributed by atoms with Gasteiger partial charge in [-0.05, 0) is 79.4 Å². The summed E-state index contributed by atoms with van der Waals surface area (Å²) in [6, 6.07) is 0. The molecule has 0 spiro atoms. The Hall–Kier alpha value is -0.340. The Balaban J connectivity index is 1.68. The van der Waals surface area contributed by atoms with Crippen LogP contribution in [0.3, 0.4) is 0 Å². The van der Waals surface area contributed by atoms with Gasteiger partial charge in [-0.1, -0.05) is 32.4 Å². The van der Waals surface area contributed by atoms with Gasteiger partial charge >= 0.3 is 0 Å². The van der Waals surface area contributed by atoms with E-state index in [-0.39, 0.29) is 17.6 Å². The number of hydrogen-bond donors (Lipinski definition) is 2. The van der Waals surface area contributed by atoms with Crippen molar-refractivity contribution < 1.29 is 10.2 Å². The Morgan fingerprint density at radius 1 is 1.09 bits per heavy atom. The lowest BCUT2D eigenvalue weighted by Crippen LogP contribution is -2.52. The molecule has 2 nitrogen and oxygen atoms in total. The van der Waals surface area contributed by atoms with Crippen LogP contribution in [0.1, 0.15) is 65.7 Å². The van der Waals surface area contributed by atoms with E-state index in [1.165, 1.54) is 25.7 Å². The van der Waals surface area contributed by atoms with Crippen LogP contribution < -0.4 is 0 Å². The zero-order chi connectivity index (χ0) is 15.7. The summed E-state index contributed by atoms with van der Waals surface area (Å²) in [6.45, 7) is 7.05. The molecule has 0 radical (unpaired) electrons. The van der Waals surface area contributed by atoms with Crippen molar-refractivity contribution in [2.75, 3.05) is 0 Å². The SMILES string of the molecule is C[C@@H]1C[C@@]2(C)C(=CC[C@H]3[C@@H]4CC[C@H](O)[C@@]4(C)CC[C@@H]32)C[C@H]1O. The molecule has 0 aromatic carbocycles. The lowest BCUT2D eigenvalue weighted by molar-refractivity contribution is -0.0783. The molecule has 0 unspecified atom stereocenters. The van der Waals surface area contributed by atoms with Crippen molar-refractivity contribution >= 4 is 0 Å². The van der Waals surface area contributed by atoms with Crippen molar-refractivity contribution in [1.29, 1.82) is 0 Å². The van der Waals surface area contributed by atoms with Crippen molar-refractivity contribution in [3.05, 3.63) is 11.6 Å². The van der Waals surface area contributed by atoms with Gasteiger partial charge in [-0.2, -0.15) is 0 Å². The van der Waals surface area contributed by atoms with Crippen molar-refractivity contribution in [2.24, 2.45) is 34.5 Å². The van der Waals surface area contributed by atoms with E-state index in [4.69, 9.17) is 0 Å². The van der Waals surface area contributed by atoms with Gasteiger partial charge in [0.2, 0.25) is 0 Å². The quantitative estimate of drug-likeness (QED) is 0.666. The smallest absolute Gasteiger partial charge is 0.0603 e. The second kappa shape index (κ2) is 4.83. The topological polar surface area (TPSA) is 40.5 Å². The van der Waals surface area contributed by atoms with Gasteiger partial charge in [0.05, 0.1) is 12.2 Å². The Kier molecular flexibility index (Phi) is 3.34. The van der Waals surface area contributed by atoms with E-state index in [0.29, 0.717) is 17.3 Å². The van der Waals surface area contributed by atoms with Crippen molar-refractivity contribution in [3.8, 4) is 0 Å². The van der Waals surface area contributed by atoms with E-state index in [9.17, 15) is 10.2 Å². The molecule has 4 aliphatic rings. The Morgan fingerprint density at radius 2 is 1.86 bits per heavy atom. The summed E-state index contributed by atoms with van der Waals surface area (Å²) in [5.41, 5.74) is 2.01. The van der Waals surface area contributed by atoms with Crippen LogP contribution in [0.4, 0.5) is 0 Å².